The molecule has 1 aliphatic heterocycles. The summed E-state index contributed by atoms with van der Waals surface area (Å²) in [7, 11) is -0.337. The average molecular weight is 408 g/mol. The third kappa shape index (κ3) is 3.37. The lowest BCUT2D eigenvalue weighted by atomic mass is 9.78. The van der Waals surface area contributed by atoms with Gasteiger partial charge in [-0.1, -0.05) is 48.5 Å². The second kappa shape index (κ2) is 6.95. The molecule has 4 aromatic carbocycles. The lowest BCUT2D eigenvalue weighted by Crippen LogP contribution is -2.41. The van der Waals surface area contributed by atoms with Crippen molar-refractivity contribution in [2.75, 3.05) is 0 Å². The van der Waals surface area contributed by atoms with Crippen molar-refractivity contribution >= 4 is 34.1 Å². The van der Waals surface area contributed by atoms with E-state index in [0.717, 1.165) is 5.46 Å². The van der Waals surface area contributed by atoms with Crippen LogP contribution in [0, 0.1) is 13.8 Å². The average Bonchev–Trinajstić information content (AvgIpc) is 2.93. The van der Waals surface area contributed by atoms with E-state index in [1.54, 1.807) is 0 Å². The van der Waals surface area contributed by atoms with Crippen molar-refractivity contribution in [1.82, 2.24) is 0 Å². The molecule has 2 nitrogen and oxygen atoms in total. The summed E-state index contributed by atoms with van der Waals surface area (Å²) in [6.07, 6.45) is 0. The highest BCUT2D eigenvalue weighted by atomic mass is 16.7. The third-order valence-corrected chi connectivity index (χ3v) is 7.11. The summed E-state index contributed by atoms with van der Waals surface area (Å²) < 4.78 is 12.5. The van der Waals surface area contributed by atoms with Gasteiger partial charge in [0.25, 0.3) is 0 Å². The monoisotopic (exact) mass is 408 g/mol. The second-order valence-corrected chi connectivity index (χ2v) is 9.88. The molecular formula is C28H29BO2. The molecule has 31 heavy (non-hydrogen) atoms. The van der Waals surface area contributed by atoms with E-state index in [0.29, 0.717) is 0 Å². The Morgan fingerprint density at radius 1 is 0.613 bits per heavy atom. The Kier molecular flexibility index (Phi) is 4.55. The molecule has 0 aliphatic carbocycles. The zero-order valence-corrected chi connectivity index (χ0v) is 19.2. The van der Waals surface area contributed by atoms with Crippen molar-refractivity contribution in [3.05, 3.63) is 77.9 Å². The summed E-state index contributed by atoms with van der Waals surface area (Å²) >= 11 is 0. The first-order valence-electron chi connectivity index (χ1n) is 11.0. The van der Waals surface area contributed by atoms with Crippen molar-refractivity contribution in [1.29, 1.82) is 0 Å². The largest absolute Gasteiger partial charge is 0.494 e. The van der Waals surface area contributed by atoms with Gasteiger partial charge in [0, 0.05) is 0 Å². The molecule has 1 fully saturated rings. The number of rotatable bonds is 2. The van der Waals surface area contributed by atoms with Crippen molar-refractivity contribution in [3.8, 4) is 11.1 Å². The fraction of sp³-hybridized carbons (Fsp3) is 0.286. The first-order valence-corrected chi connectivity index (χ1v) is 11.0. The van der Waals surface area contributed by atoms with E-state index in [1.165, 1.54) is 43.8 Å². The number of benzene rings is 4. The Labute approximate surface area is 185 Å². The third-order valence-electron chi connectivity index (χ3n) is 7.11. The van der Waals surface area contributed by atoms with Gasteiger partial charge >= 0.3 is 7.12 Å². The van der Waals surface area contributed by atoms with Crippen molar-refractivity contribution < 1.29 is 9.31 Å². The van der Waals surface area contributed by atoms with Crippen LogP contribution in [0.2, 0.25) is 0 Å². The molecule has 0 spiro atoms. The van der Waals surface area contributed by atoms with E-state index in [1.807, 2.05) is 0 Å². The normalized spacial score (nSPS) is 17.5. The predicted octanol–water partition coefficient (Wildman–Crippen LogP) is 6.58. The van der Waals surface area contributed by atoms with Crippen LogP contribution in [0.25, 0.3) is 32.7 Å². The van der Waals surface area contributed by atoms with Crippen molar-refractivity contribution in [3.63, 3.8) is 0 Å². The van der Waals surface area contributed by atoms with Crippen LogP contribution in [0.15, 0.2) is 66.7 Å². The van der Waals surface area contributed by atoms with E-state index >= 15 is 0 Å². The van der Waals surface area contributed by atoms with Crippen LogP contribution in [0.1, 0.15) is 38.8 Å². The minimum Gasteiger partial charge on any atom is -0.399 e. The zero-order chi connectivity index (χ0) is 22.0. The highest BCUT2D eigenvalue weighted by molar-refractivity contribution is 6.62. The first kappa shape index (κ1) is 20.3. The van der Waals surface area contributed by atoms with Crippen molar-refractivity contribution in [2.45, 2.75) is 52.7 Å². The Bertz CT molecular complexity index is 1280. The molecule has 5 rings (SSSR count). The van der Waals surface area contributed by atoms with Gasteiger partial charge in [-0.05, 0) is 109 Å². The minimum absolute atomic E-state index is 0.333. The lowest BCUT2D eigenvalue weighted by Gasteiger charge is -2.32. The standard InChI is InChI=1S/C28H29BO2/c1-18-8-7-9-19(2)26(18)22-11-10-20-15-24-17-25(13-12-21(24)14-23(20)16-22)29-30-27(3,4)28(5,6)31-29/h7-17H,1-6H3. The molecule has 4 aromatic rings. The van der Waals surface area contributed by atoms with Gasteiger partial charge in [-0.2, -0.15) is 0 Å². The molecule has 156 valence electrons. The zero-order valence-electron chi connectivity index (χ0n) is 19.2. The fourth-order valence-electron chi connectivity index (χ4n) is 4.57. The number of aryl methyl sites for hydroxylation is 2. The predicted molar refractivity (Wildman–Crippen MR) is 132 cm³/mol. The molecular weight excluding hydrogens is 379 g/mol. The summed E-state index contributed by atoms with van der Waals surface area (Å²) in [6, 6.07) is 24.4. The summed E-state index contributed by atoms with van der Waals surface area (Å²) in [5.41, 5.74) is 5.63. The molecule has 0 radical (unpaired) electrons. The SMILES string of the molecule is Cc1cccc(C)c1-c1ccc2cc3cc(B4OC(C)(C)C(C)(C)O4)ccc3cc2c1. The van der Waals surface area contributed by atoms with Gasteiger partial charge in [0.1, 0.15) is 0 Å². The first-order chi connectivity index (χ1) is 14.6. The summed E-state index contributed by atoms with van der Waals surface area (Å²) in [5, 5.41) is 4.94. The van der Waals surface area contributed by atoms with Gasteiger partial charge in [0.05, 0.1) is 11.2 Å². The molecule has 3 heteroatoms. The topological polar surface area (TPSA) is 18.5 Å². The van der Waals surface area contributed by atoms with Crippen LogP contribution in [-0.4, -0.2) is 18.3 Å². The number of hydrogen-bond donors (Lipinski definition) is 0. The lowest BCUT2D eigenvalue weighted by molar-refractivity contribution is 0.00578. The maximum atomic E-state index is 6.25. The minimum atomic E-state index is -0.337. The molecule has 1 heterocycles. The second-order valence-electron chi connectivity index (χ2n) is 9.88. The van der Waals surface area contributed by atoms with Gasteiger partial charge in [0.2, 0.25) is 0 Å². The van der Waals surface area contributed by atoms with Crippen LogP contribution in [0.5, 0.6) is 0 Å². The number of hydrogen-bond acceptors (Lipinski definition) is 2. The Morgan fingerprint density at radius 2 is 1.16 bits per heavy atom. The van der Waals surface area contributed by atoms with E-state index < -0.39 is 0 Å². The highest BCUT2D eigenvalue weighted by Gasteiger charge is 2.51. The van der Waals surface area contributed by atoms with Crippen LogP contribution >= 0.6 is 0 Å². The molecule has 1 aliphatic rings. The Morgan fingerprint density at radius 3 is 1.77 bits per heavy atom. The van der Waals surface area contributed by atoms with Gasteiger partial charge in [-0.15, -0.1) is 0 Å². The summed E-state index contributed by atoms with van der Waals surface area (Å²) in [6.45, 7) is 12.7. The van der Waals surface area contributed by atoms with Crippen LogP contribution < -0.4 is 5.46 Å². The highest BCUT2D eigenvalue weighted by Crippen LogP contribution is 2.37. The molecule has 0 unspecified atom stereocenters. The molecule has 0 bridgehead atoms. The molecule has 0 aromatic heterocycles. The van der Waals surface area contributed by atoms with E-state index in [-0.39, 0.29) is 18.3 Å². The van der Waals surface area contributed by atoms with Gasteiger partial charge < -0.3 is 9.31 Å². The van der Waals surface area contributed by atoms with Crippen LogP contribution in [0.3, 0.4) is 0 Å². The van der Waals surface area contributed by atoms with E-state index in [2.05, 4.69) is 108 Å². The van der Waals surface area contributed by atoms with E-state index in [4.69, 9.17) is 9.31 Å². The van der Waals surface area contributed by atoms with Gasteiger partial charge in [0.15, 0.2) is 0 Å². The maximum absolute atomic E-state index is 6.25. The Hall–Kier alpha value is -2.62. The molecule has 0 N–H and O–H groups in total. The van der Waals surface area contributed by atoms with Crippen molar-refractivity contribution in [2.24, 2.45) is 0 Å². The number of fused-ring (bicyclic) bond motifs is 2. The smallest absolute Gasteiger partial charge is 0.399 e. The molecule has 1 saturated heterocycles. The van der Waals surface area contributed by atoms with Crippen LogP contribution in [-0.2, 0) is 9.31 Å². The summed E-state index contributed by atoms with van der Waals surface area (Å²) in [4.78, 5) is 0. The summed E-state index contributed by atoms with van der Waals surface area (Å²) in [5.74, 6) is 0. The molecule has 0 amide bonds. The van der Waals surface area contributed by atoms with Crippen LogP contribution in [0.4, 0.5) is 0 Å². The quantitative estimate of drug-likeness (QED) is 0.276. The Balaban J connectivity index is 1.57. The van der Waals surface area contributed by atoms with Gasteiger partial charge in [-0.25, -0.2) is 0 Å². The molecule has 0 atom stereocenters. The maximum Gasteiger partial charge on any atom is 0.494 e. The fourth-order valence-corrected chi connectivity index (χ4v) is 4.57. The van der Waals surface area contributed by atoms with E-state index in [9.17, 15) is 0 Å². The van der Waals surface area contributed by atoms with Gasteiger partial charge in [-0.3, -0.25) is 0 Å². The molecule has 0 saturated carbocycles.